The molecule has 0 aliphatic carbocycles. The molecule has 0 unspecified atom stereocenters. The molecule has 2 aromatic carbocycles. The van der Waals surface area contributed by atoms with E-state index in [2.05, 4.69) is 6.92 Å². The second-order valence-electron chi connectivity index (χ2n) is 3.53. The van der Waals surface area contributed by atoms with Crippen LogP contribution in [0, 0.1) is 0 Å². The Kier molecular flexibility index (Phi) is 2.42. The van der Waals surface area contributed by atoms with Crippen LogP contribution in [0.5, 0.6) is 5.75 Å². The van der Waals surface area contributed by atoms with Crippen molar-refractivity contribution in [3.8, 4) is 5.75 Å². The van der Waals surface area contributed by atoms with Gasteiger partial charge >= 0.3 is 0 Å². The average Bonchev–Trinajstić information content (AvgIpc) is 2.28. The summed E-state index contributed by atoms with van der Waals surface area (Å²) >= 11 is 0. The Morgan fingerprint density at radius 2 is 2.00 bits per heavy atom. The topological polar surface area (TPSA) is 37.3 Å². The second-order valence-corrected chi connectivity index (χ2v) is 3.53. The molecule has 0 aromatic heterocycles. The van der Waals surface area contributed by atoms with Crippen LogP contribution < -0.4 is 0 Å². The van der Waals surface area contributed by atoms with Crippen LogP contribution in [0.2, 0.25) is 0 Å². The third-order valence-electron chi connectivity index (χ3n) is 2.63. The van der Waals surface area contributed by atoms with Gasteiger partial charge in [0.25, 0.3) is 0 Å². The summed E-state index contributed by atoms with van der Waals surface area (Å²) in [6.07, 6.45) is 1.63. The van der Waals surface area contributed by atoms with E-state index in [1.54, 1.807) is 6.07 Å². The minimum absolute atomic E-state index is 0.0470. The van der Waals surface area contributed by atoms with Crippen molar-refractivity contribution in [3.63, 3.8) is 0 Å². The molecule has 1 N–H and O–H groups in total. The molecule has 0 atom stereocenters. The molecule has 2 nitrogen and oxygen atoms in total. The van der Waals surface area contributed by atoms with Gasteiger partial charge in [0.2, 0.25) is 0 Å². The van der Waals surface area contributed by atoms with Crippen LogP contribution in [0.25, 0.3) is 10.8 Å². The van der Waals surface area contributed by atoms with Gasteiger partial charge in [0.15, 0.2) is 6.29 Å². The summed E-state index contributed by atoms with van der Waals surface area (Å²) in [4.78, 5) is 10.9. The number of aromatic hydroxyl groups is 1. The molecule has 76 valence electrons. The minimum Gasteiger partial charge on any atom is -0.507 e. The predicted molar refractivity (Wildman–Crippen MR) is 60.4 cm³/mol. The molecular weight excluding hydrogens is 188 g/mol. The van der Waals surface area contributed by atoms with Crippen molar-refractivity contribution in [1.82, 2.24) is 0 Å². The van der Waals surface area contributed by atoms with E-state index in [0.29, 0.717) is 11.8 Å². The molecule has 15 heavy (non-hydrogen) atoms. The fraction of sp³-hybridized carbons (Fsp3) is 0.154. The zero-order valence-corrected chi connectivity index (χ0v) is 8.53. The highest BCUT2D eigenvalue weighted by Crippen LogP contribution is 2.26. The van der Waals surface area contributed by atoms with Gasteiger partial charge in [0.1, 0.15) is 5.75 Å². The lowest BCUT2D eigenvalue weighted by atomic mass is 10.0. The molecule has 2 rings (SSSR count). The molecule has 2 aromatic rings. The van der Waals surface area contributed by atoms with Crippen molar-refractivity contribution in [2.45, 2.75) is 13.3 Å². The quantitative estimate of drug-likeness (QED) is 0.757. The maximum atomic E-state index is 10.9. The normalized spacial score (nSPS) is 10.5. The average molecular weight is 200 g/mol. The van der Waals surface area contributed by atoms with Crippen molar-refractivity contribution in [2.24, 2.45) is 0 Å². The number of phenols is 1. The Morgan fingerprint density at radius 3 is 2.67 bits per heavy atom. The van der Waals surface area contributed by atoms with Crippen molar-refractivity contribution in [2.75, 3.05) is 0 Å². The smallest absolute Gasteiger partial charge is 0.154 e. The summed E-state index contributed by atoms with van der Waals surface area (Å²) < 4.78 is 0. The van der Waals surface area contributed by atoms with Crippen molar-refractivity contribution >= 4 is 17.1 Å². The van der Waals surface area contributed by atoms with Crippen LogP contribution in [0.15, 0.2) is 30.3 Å². The van der Waals surface area contributed by atoms with Crippen molar-refractivity contribution in [1.29, 1.82) is 0 Å². The van der Waals surface area contributed by atoms with E-state index in [-0.39, 0.29) is 5.75 Å². The van der Waals surface area contributed by atoms with E-state index >= 15 is 0 Å². The fourth-order valence-electron chi connectivity index (χ4n) is 1.72. The monoisotopic (exact) mass is 200 g/mol. The third-order valence-corrected chi connectivity index (χ3v) is 2.63. The number of aryl methyl sites for hydroxylation is 1. The molecule has 0 fully saturated rings. The van der Waals surface area contributed by atoms with E-state index < -0.39 is 0 Å². The minimum atomic E-state index is 0.0470. The lowest BCUT2D eigenvalue weighted by molar-refractivity contribution is 0.112. The molecule has 0 saturated heterocycles. The molecule has 2 heteroatoms. The van der Waals surface area contributed by atoms with Gasteiger partial charge in [-0.1, -0.05) is 31.2 Å². The Morgan fingerprint density at radius 1 is 1.27 bits per heavy atom. The summed E-state index contributed by atoms with van der Waals surface area (Å²) in [5, 5.41) is 11.3. The standard InChI is InChI=1S/C13H12O2/c1-2-9-3-4-10-5-6-13(15)12(8-14)11(10)7-9/h3-8,15H,2H2,1H3. The molecule has 0 aliphatic heterocycles. The first kappa shape index (κ1) is 9.71. The SMILES string of the molecule is CCc1ccc2ccc(O)c(C=O)c2c1. The molecule has 0 radical (unpaired) electrons. The Balaban J connectivity index is 2.81. The number of carbonyl (C=O) groups is 1. The van der Waals surface area contributed by atoms with E-state index in [4.69, 9.17) is 0 Å². The number of aldehydes is 1. The van der Waals surface area contributed by atoms with Gasteiger partial charge in [-0.2, -0.15) is 0 Å². The highest BCUT2D eigenvalue weighted by Gasteiger charge is 2.05. The Labute approximate surface area is 88.2 Å². The van der Waals surface area contributed by atoms with Crippen LogP contribution in [0.4, 0.5) is 0 Å². The van der Waals surface area contributed by atoms with E-state index in [9.17, 15) is 9.90 Å². The highest BCUT2D eigenvalue weighted by molar-refractivity contribution is 6.00. The number of phenolic OH excluding ortho intramolecular Hbond substituents is 1. The van der Waals surface area contributed by atoms with E-state index in [0.717, 1.165) is 22.8 Å². The first-order valence-electron chi connectivity index (χ1n) is 4.96. The molecule has 0 saturated carbocycles. The molecular formula is C13H12O2. The number of fused-ring (bicyclic) bond motifs is 1. The summed E-state index contributed by atoms with van der Waals surface area (Å²) in [5.41, 5.74) is 1.54. The van der Waals surface area contributed by atoms with Gasteiger partial charge in [-0.3, -0.25) is 4.79 Å². The zero-order valence-electron chi connectivity index (χ0n) is 8.53. The summed E-state index contributed by atoms with van der Waals surface area (Å²) in [5.74, 6) is 0.0470. The van der Waals surface area contributed by atoms with E-state index in [1.165, 1.54) is 0 Å². The first-order chi connectivity index (χ1) is 7.26. The molecule has 0 amide bonds. The summed E-state index contributed by atoms with van der Waals surface area (Å²) in [6, 6.07) is 9.34. The maximum Gasteiger partial charge on any atom is 0.154 e. The second kappa shape index (κ2) is 3.73. The van der Waals surface area contributed by atoms with Crippen molar-refractivity contribution < 1.29 is 9.90 Å². The van der Waals surface area contributed by atoms with Crippen LogP contribution in [0.3, 0.4) is 0 Å². The number of carbonyl (C=O) groups excluding carboxylic acids is 1. The Bertz CT molecular complexity index is 515. The van der Waals surface area contributed by atoms with Gasteiger partial charge in [-0.25, -0.2) is 0 Å². The van der Waals surface area contributed by atoms with Gasteiger partial charge in [0, 0.05) is 0 Å². The highest BCUT2D eigenvalue weighted by atomic mass is 16.3. The summed E-state index contributed by atoms with van der Waals surface area (Å²) in [6.45, 7) is 2.06. The number of hydrogen-bond donors (Lipinski definition) is 1. The largest absolute Gasteiger partial charge is 0.507 e. The van der Waals surface area contributed by atoms with Crippen LogP contribution in [0.1, 0.15) is 22.8 Å². The number of benzene rings is 2. The lowest BCUT2D eigenvalue weighted by Crippen LogP contribution is -1.87. The number of hydrogen-bond acceptors (Lipinski definition) is 2. The van der Waals surface area contributed by atoms with Gasteiger partial charge in [-0.15, -0.1) is 0 Å². The first-order valence-corrected chi connectivity index (χ1v) is 4.96. The van der Waals surface area contributed by atoms with Gasteiger partial charge in [0.05, 0.1) is 5.56 Å². The van der Waals surface area contributed by atoms with Crippen LogP contribution in [-0.2, 0) is 6.42 Å². The summed E-state index contributed by atoms with van der Waals surface area (Å²) in [7, 11) is 0. The Hall–Kier alpha value is -1.83. The lowest BCUT2D eigenvalue weighted by Gasteiger charge is -2.05. The molecule has 0 heterocycles. The molecule has 0 spiro atoms. The molecule has 0 bridgehead atoms. The van der Waals surface area contributed by atoms with Gasteiger partial charge < -0.3 is 5.11 Å². The third kappa shape index (κ3) is 1.59. The van der Waals surface area contributed by atoms with Crippen molar-refractivity contribution in [3.05, 3.63) is 41.5 Å². The van der Waals surface area contributed by atoms with Crippen LogP contribution in [-0.4, -0.2) is 11.4 Å². The number of rotatable bonds is 2. The maximum absolute atomic E-state index is 10.9. The fourth-order valence-corrected chi connectivity index (χ4v) is 1.72. The zero-order chi connectivity index (χ0) is 10.8. The van der Waals surface area contributed by atoms with Crippen LogP contribution >= 0.6 is 0 Å². The molecule has 0 aliphatic rings. The van der Waals surface area contributed by atoms with E-state index in [1.807, 2.05) is 24.3 Å². The van der Waals surface area contributed by atoms with Gasteiger partial charge in [-0.05, 0) is 28.8 Å². The predicted octanol–water partition coefficient (Wildman–Crippen LogP) is 2.92.